The number of thioether (sulfide) groups is 1. The van der Waals surface area contributed by atoms with Crippen molar-refractivity contribution in [1.29, 1.82) is 0 Å². The lowest BCUT2D eigenvalue weighted by Gasteiger charge is -1.94. The minimum atomic E-state index is 0.00735. The number of thiazole rings is 1. The van der Waals surface area contributed by atoms with Crippen molar-refractivity contribution in [3.05, 3.63) is 83.1 Å². The SMILES string of the molecule is O=C(C=CSc1nc(-c2ccccc2)cs1)c1ccccc1. The number of carbonyl (C=O) groups excluding carboxylic acids is 1. The van der Waals surface area contributed by atoms with E-state index in [9.17, 15) is 4.79 Å². The molecule has 0 saturated heterocycles. The average molecular weight is 323 g/mol. The van der Waals surface area contributed by atoms with Gasteiger partial charge in [0.1, 0.15) is 0 Å². The van der Waals surface area contributed by atoms with Crippen LogP contribution in [0.2, 0.25) is 0 Å². The molecule has 22 heavy (non-hydrogen) atoms. The number of hydrogen-bond acceptors (Lipinski definition) is 4. The van der Waals surface area contributed by atoms with E-state index in [-0.39, 0.29) is 5.78 Å². The van der Waals surface area contributed by atoms with Crippen molar-refractivity contribution in [2.45, 2.75) is 4.34 Å². The van der Waals surface area contributed by atoms with E-state index in [0.29, 0.717) is 5.56 Å². The minimum absolute atomic E-state index is 0.00735. The van der Waals surface area contributed by atoms with Crippen LogP contribution in [0.4, 0.5) is 0 Å². The zero-order chi connectivity index (χ0) is 15.2. The molecule has 1 aromatic heterocycles. The summed E-state index contributed by atoms with van der Waals surface area (Å²) < 4.78 is 0.927. The predicted molar refractivity (Wildman–Crippen MR) is 93.3 cm³/mol. The Balaban J connectivity index is 1.64. The number of ketones is 1. The molecule has 3 aromatic rings. The number of rotatable bonds is 5. The molecule has 1 heterocycles. The maximum absolute atomic E-state index is 11.9. The molecule has 4 heteroatoms. The third-order valence-electron chi connectivity index (χ3n) is 3.00. The van der Waals surface area contributed by atoms with Crippen molar-refractivity contribution in [3.63, 3.8) is 0 Å². The van der Waals surface area contributed by atoms with Gasteiger partial charge in [-0.3, -0.25) is 4.79 Å². The van der Waals surface area contributed by atoms with Crippen LogP contribution >= 0.6 is 23.1 Å². The van der Waals surface area contributed by atoms with Crippen LogP contribution in [-0.4, -0.2) is 10.8 Å². The highest BCUT2D eigenvalue weighted by Crippen LogP contribution is 2.28. The molecule has 0 saturated carbocycles. The fourth-order valence-electron chi connectivity index (χ4n) is 1.91. The molecule has 0 amide bonds. The van der Waals surface area contributed by atoms with Gasteiger partial charge in [-0.2, -0.15) is 0 Å². The van der Waals surface area contributed by atoms with E-state index in [1.165, 1.54) is 11.8 Å². The normalized spacial score (nSPS) is 10.9. The second-order valence-corrected chi connectivity index (χ2v) is 6.53. The number of allylic oxidation sites excluding steroid dienone is 1. The smallest absolute Gasteiger partial charge is 0.186 e. The van der Waals surface area contributed by atoms with Crippen molar-refractivity contribution in [1.82, 2.24) is 4.98 Å². The summed E-state index contributed by atoms with van der Waals surface area (Å²) in [5, 5.41) is 3.83. The molecular formula is C18H13NOS2. The van der Waals surface area contributed by atoms with Crippen molar-refractivity contribution < 1.29 is 4.79 Å². The molecular weight excluding hydrogens is 310 g/mol. The maximum Gasteiger partial charge on any atom is 0.186 e. The third-order valence-corrected chi connectivity index (χ3v) is 4.78. The third kappa shape index (κ3) is 3.72. The first-order valence-electron chi connectivity index (χ1n) is 6.76. The van der Waals surface area contributed by atoms with Gasteiger partial charge in [0.25, 0.3) is 0 Å². The zero-order valence-corrected chi connectivity index (χ0v) is 13.3. The Bertz CT molecular complexity index is 779. The fourth-order valence-corrected chi connectivity index (χ4v) is 3.45. The van der Waals surface area contributed by atoms with Crippen LogP contribution < -0.4 is 0 Å². The molecule has 0 radical (unpaired) electrons. The summed E-state index contributed by atoms with van der Waals surface area (Å²) in [7, 11) is 0. The number of benzene rings is 2. The number of nitrogens with zero attached hydrogens (tertiary/aromatic N) is 1. The molecule has 3 rings (SSSR count). The Hall–Kier alpha value is -2.17. The summed E-state index contributed by atoms with van der Waals surface area (Å²) in [6, 6.07) is 19.3. The van der Waals surface area contributed by atoms with Gasteiger partial charge in [0, 0.05) is 16.5 Å². The Morgan fingerprint density at radius 2 is 1.68 bits per heavy atom. The molecule has 108 valence electrons. The number of aromatic nitrogens is 1. The molecule has 0 fully saturated rings. The van der Waals surface area contributed by atoms with Gasteiger partial charge >= 0.3 is 0 Å². The van der Waals surface area contributed by atoms with Gasteiger partial charge in [0.2, 0.25) is 0 Å². The molecule has 0 aliphatic rings. The van der Waals surface area contributed by atoms with E-state index < -0.39 is 0 Å². The Labute approximate surface area is 137 Å². The first-order chi connectivity index (χ1) is 10.8. The largest absolute Gasteiger partial charge is 0.289 e. The second-order valence-electron chi connectivity index (χ2n) is 4.52. The monoisotopic (exact) mass is 323 g/mol. The van der Waals surface area contributed by atoms with E-state index in [2.05, 4.69) is 4.98 Å². The molecule has 0 N–H and O–H groups in total. The van der Waals surface area contributed by atoms with Crippen molar-refractivity contribution >= 4 is 28.9 Å². The summed E-state index contributed by atoms with van der Waals surface area (Å²) >= 11 is 3.05. The van der Waals surface area contributed by atoms with Gasteiger partial charge in [-0.25, -0.2) is 4.98 Å². The molecule has 0 unspecified atom stereocenters. The second kappa shape index (κ2) is 7.20. The zero-order valence-electron chi connectivity index (χ0n) is 11.7. The highest BCUT2D eigenvalue weighted by atomic mass is 32.2. The highest BCUT2D eigenvalue weighted by Gasteiger charge is 2.04. The first kappa shape index (κ1) is 14.8. The molecule has 0 aliphatic carbocycles. The van der Waals surface area contributed by atoms with Crippen LogP contribution in [-0.2, 0) is 0 Å². The molecule has 2 aromatic carbocycles. The fraction of sp³-hybridized carbons (Fsp3) is 0. The Morgan fingerprint density at radius 3 is 2.41 bits per heavy atom. The van der Waals surface area contributed by atoms with E-state index in [0.717, 1.165) is 15.6 Å². The van der Waals surface area contributed by atoms with Crippen LogP contribution in [0.15, 0.2) is 81.9 Å². The van der Waals surface area contributed by atoms with Crippen molar-refractivity contribution in [3.8, 4) is 11.3 Å². The summed E-state index contributed by atoms with van der Waals surface area (Å²) in [6.07, 6.45) is 1.59. The van der Waals surface area contributed by atoms with Gasteiger partial charge in [-0.05, 0) is 11.5 Å². The molecule has 2 nitrogen and oxygen atoms in total. The summed E-state index contributed by atoms with van der Waals surface area (Å²) in [5.41, 5.74) is 2.77. The lowest BCUT2D eigenvalue weighted by atomic mass is 10.1. The topological polar surface area (TPSA) is 30.0 Å². The summed E-state index contributed by atoms with van der Waals surface area (Å²) in [5.74, 6) is 0.00735. The Kier molecular flexibility index (Phi) is 4.83. The van der Waals surface area contributed by atoms with Crippen LogP contribution in [0.1, 0.15) is 10.4 Å². The molecule has 0 aliphatic heterocycles. The van der Waals surface area contributed by atoms with Gasteiger partial charge in [-0.1, -0.05) is 72.4 Å². The number of hydrogen-bond donors (Lipinski definition) is 0. The predicted octanol–water partition coefficient (Wildman–Crippen LogP) is 5.30. The quantitative estimate of drug-likeness (QED) is 0.362. The van der Waals surface area contributed by atoms with Gasteiger partial charge in [0.15, 0.2) is 10.1 Å². The lowest BCUT2D eigenvalue weighted by molar-refractivity contribution is 0.104. The molecule has 0 spiro atoms. The van der Waals surface area contributed by atoms with E-state index >= 15 is 0 Å². The first-order valence-corrected chi connectivity index (χ1v) is 8.52. The van der Waals surface area contributed by atoms with Gasteiger partial charge < -0.3 is 0 Å². The van der Waals surface area contributed by atoms with Gasteiger partial charge in [-0.15, -0.1) is 11.3 Å². The van der Waals surface area contributed by atoms with Crippen LogP contribution in [0.3, 0.4) is 0 Å². The maximum atomic E-state index is 11.9. The standard InChI is InChI=1S/C18H13NOS2/c20-17(15-9-5-2-6-10-15)11-12-21-18-19-16(13-22-18)14-7-3-1-4-8-14/h1-13H. The highest BCUT2D eigenvalue weighted by molar-refractivity contribution is 8.03. The summed E-state index contributed by atoms with van der Waals surface area (Å²) in [6.45, 7) is 0. The van der Waals surface area contributed by atoms with Crippen LogP contribution in [0.5, 0.6) is 0 Å². The van der Waals surface area contributed by atoms with Crippen molar-refractivity contribution in [2.24, 2.45) is 0 Å². The minimum Gasteiger partial charge on any atom is -0.289 e. The lowest BCUT2D eigenvalue weighted by Crippen LogP contribution is -1.92. The molecule has 0 atom stereocenters. The van der Waals surface area contributed by atoms with Crippen LogP contribution in [0, 0.1) is 0 Å². The van der Waals surface area contributed by atoms with Crippen LogP contribution in [0.25, 0.3) is 11.3 Å². The average Bonchev–Trinajstić information content (AvgIpc) is 3.05. The summed E-state index contributed by atoms with van der Waals surface area (Å²) in [4.78, 5) is 16.5. The van der Waals surface area contributed by atoms with E-state index in [4.69, 9.17) is 0 Å². The Morgan fingerprint density at radius 1 is 1.00 bits per heavy atom. The van der Waals surface area contributed by atoms with Crippen molar-refractivity contribution in [2.75, 3.05) is 0 Å². The number of carbonyl (C=O) groups is 1. The van der Waals surface area contributed by atoms with Gasteiger partial charge in [0.05, 0.1) is 5.69 Å². The molecule has 0 bridgehead atoms. The van der Waals surface area contributed by atoms with E-state index in [1.54, 1.807) is 22.8 Å². The van der Waals surface area contributed by atoms with E-state index in [1.807, 2.05) is 66.0 Å².